The maximum atomic E-state index is 12.1. The van der Waals surface area contributed by atoms with Crippen molar-refractivity contribution < 1.29 is 9.59 Å². The minimum atomic E-state index is -0.105. The molecule has 0 aliphatic rings. The fourth-order valence-electron chi connectivity index (χ4n) is 1.84. The van der Waals surface area contributed by atoms with Gasteiger partial charge in [-0.1, -0.05) is 19.1 Å². The monoisotopic (exact) mass is 273 g/mol. The average molecular weight is 273 g/mol. The number of nitrogens with one attached hydrogen (secondary N) is 1. The smallest absolute Gasteiger partial charge is 0.233 e. The van der Waals surface area contributed by atoms with E-state index in [9.17, 15) is 9.59 Å². The second-order valence-corrected chi connectivity index (χ2v) is 4.50. The second kappa shape index (κ2) is 8.08. The predicted molar refractivity (Wildman–Crippen MR) is 76.3 cm³/mol. The fraction of sp³-hybridized carbons (Fsp3) is 0.400. The number of carbonyl (C=O) groups excluding carboxylic acids is 2. The standard InChI is InChI=1S/C15H19N3O2/c1-3-8-18(11-15(20)17-2)10-14(19)13-6-4-12(9-16)5-7-13/h4-7H,3,8,10-11H2,1-2H3,(H,17,20). The minimum absolute atomic E-state index is 0.0492. The van der Waals surface area contributed by atoms with Crippen LogP contribution in [0.15, 0.2) is 24.3 Å². The van der Waals surface area contributed by atoms with E-state index >= 15 is 0 Å². The Morgan fingerprint density at radius 2 is 1.90 bits per heavy atom. The van der Waals surface area contributed by atoms with Crippen LogP contribution >= 0.6 is 0 Å². The summed E-state index contributed by atoms with van der Waals surface area (Å²) in [5, 5.41) is 11.3. The summed E-state index contributed by atoms with van der Waals surface area (Å²) in [5.41, 5.74) is 1.08. The van der Waals surface area contributed by atoms with Crippen LogP contribution in [0.4, 0.5) is 0 Å². The Bertz CT molecular complexity index is 503. The van der Waals surface area contributed by atoms with Crippen molar-refractivity contribution in [2.75, 3.05) is 26.7 Å². The Labute approximate surface area is 119 Å². The summed E-state index contributed by atoms with van der Waals surface area (Å²) in [7, 11) is 1.58. The van der Waals surface area contributed by atoms with Crippen LogP contribution in [0.25, 0.3) is 0 Å². The number of rotatable bonds is 7. The van der Waals surface area contributed by atoms with Crippen LogP contribution < -0.4 is 5.32 Å². The van der Waals surface area contributed by atoms with Gasteiger partial charge in [-0.3, -0.25) is 14.5 Å². The highest BCUT2D eigenvalue weighted by Gasteiger charge is 2.14. The molecule has 1 aromatic carbocycles. The van der Waals surface area contributed by atoms with E-state index in [0.717, 1.165) is 6.42 Å². The Balaban J connectivity index is 2.69. The molecule has 1 N–H and O–H groups in total. The number of Topliss-reactive ketones (excluding diaryl/α,β-unsaturated/α-hetero) is 1. The van der Waals surface area contributed by atoms with Gasteiger partial charge < -0.3 is 5.32 Å². The van der Waals surface area contributed by atoms with Gasteiger partial charge >= 0.3 is 0 Å². The molecule has 5 nitrogen and oxygen atoms in total. The number of hydrogen-bond donors (Lipinski definition) is 1. The highest BCUT2D eigenvalue weighted by atomic mass is 16.2. The highest BCUT2D eigenvalue weighted by molar-refractivity contribution is 5.97. The van der Waals surface area contributed by atoms with E-state index in [-0.39, 0.29) is 24.8 Å². The van der Waals surface area contributed by atoms with Crippen molar-refractivity contribution in [1.82, 2.24) is 10.2 Å². The zero-order valence-electron chi connectivity index (χ0n) is 11.8. The molecule has 0 heterocycles. The molecule has 1 rings (SSSR count). The SMILES string of the molecule is CCCN(CC(=O)NC)CC(=O)c1ccc(C#N)cc1. The van der Waals surface area contributed by atoms with E-state index in [0.29, 0.717) is 17.7 Å². The maximum Gasteiger partial charge on any atom is 0.233 e. The predicted octanol–water partition coefficient (Wildman–Crippen LogP) is 1.20. The Hall–Kier alpha value is -2.19. The summed E-state index contributed by atoms with van der Waals surface area (Å²) in [4.78, 5) is 25.4. The molecule has 0 bridgehead atoms. The van der Waals surface area contributed by atoms with Gasteiger partial charge in [0.25, 0.3) is 0 Å². The Kier molecular flexibility index (Phi) is 6.41. The number of amides is 1. The van der Waals surface area contributed by atoms with Gasteiger partial charge in [-0.05, 0) is 25.1 Å². The number of likely N-dealkylation sites (N-methyl/N-ethyl adjacent to an activating group) is 1. The van der Waals surface area contributed by atoms with E-state index in [4.69, 9.17) is 5.26 Å². The van der Waals surface area contributed by atoms with Gasteiger partial charge in [0.15, 0.2) is 5.78 Å². The van der Waals surface area contributed by atoms with E-state index in [2.05, 4.69) is 5.32 Å². The van der Waals surface area contributed by atoms with Crippen molar-refractivity contribution in [2.24, 2.45) is 0 Å². The normalized spacial score (nSPS) is 10.1. The molecule has 0 saturated carbocycles. The summed E-state index contributed by atoms with van der Waals surface area (Å²) < 4.78 is 0. The van der Waals surface area contributed by atoms with Gasteiger partial charge in [-0.2, -0.15) is 5.26 Å². The lowest BCUT2D eigenvalue weighted by molar-refractivity contribution is -0.121. The lowest BCUT2D eigenvalue weighted by Gasteiger charge is -2.19. The average Bonchev–Trinajstić information content (AvgIpc) is 2.47. The zero-order chi connectivity index (χ0) is 15.0. The van der Waals surface area contributed by atoms with E-state index in [1.54, 1.807) is 31.3 Å². The molecule has 0 aliphatic carbocycles. The molecule has 0 aromatic heterocycles. The van der Waals surface area contributed by atoms with Gasteiger partial charge in [0.05, 0.1) is 24.7 Å². The first-order valence-electron chi connectivity index (χ1n) is 6.57. The molecule has 20 heavy (non-hydrogen) atoms. The third-order valence-corrected chi connectivity index (χ3v) is 2.89. The van der Waals surface area contributed by atoms with Gasteiger partial charge in [0.2, 0.25) is 5.91 Å². The number of nitriles is 1. The van der Waals surface area contributed by atoms with Gasteiger partial charge in [0.1, 0.15) is 0 Å². The minimum Gasteiger partial charge on any atom is -0.358 e. The van der Waals surface area contributed by atoms with Crippen molar-refractivity contribution in [3.63, 3.8) is 0 Å². The van der Waals surface area contributed by atoms with Crippen molar-refractivity contribution in [3.05, 3.63) is 35.4 Å². The van der Waals surface area contributed by atoms with E-state index in [1.165, 1.54) is 0 Å². The van der Waals surface area contributed by atoms with Crippen LogP contribution in [0.3, 0.4) is 0 Å². The molecule has 1 amide bonds. The fourth-order valence-corrected chi connectivity index (χ4v) is 1.84. The largest absolute Gasteiger partial charge is 0.358 e. The van der Waals surface area contributed by atoms with Crippen LogP contribution in [0.1, 0.15) is 29.3 Å². The molecule has 0 saturated heterocycles. The number of hydrogen-bond acceptors (Lipinski definition) is 4. The molecule has 0 spiro atoms. The number of nitrogens with zero attached hydrogens (tertiary/aromatic N) is 2. The lowest BCUT2D eigenvalue weighted by Crippen LogP contribution is -2.39. The summed E-state index contributed by atoms with van der Waals surface area (Å²) in [6.45, 7) is 3.11. The molecule has 0 fully saturated rings. The molecule has 0 unspecified atom stereocenters. The summed E-state index contributed by atoms with van der Waals surface area (Å²) in [6, 6.07) is 8.54. The molecule has 0 atom stereocenters. The van der Waals surface area contributed by atoms with Crippen LogP contribution in [-0.4, -0.2) is 43.3 Å². The summed E-state index contributed by atoms with van der Waals surface area (Å²) in [6.07, 6.45) is 0.873. The quantitative estimate of drug-likeness (QED) is 0.758. The third-order valence-electron chi connectivity index (χ3n) is 2.89. The maximum absolute atomic E-state index is 12.1. The van der Waals surface area contributed by atoms with Crippen LogP contribution in [-0.2, 0) is 4.79 Å². The Morgan fingerprint density at radius 3 is 2.40 bits per heavy atom. The molecule has 0 aliphatic heterocycles. The van der Waals surface area contributed by atoms with Gasteiger partial charge in [0, 0.05) is 12.6 Å². The van der Waals surface area contributed by atoms with Crippen LogP contribution in [0.5, 0.6) is 0 Å². The third kappa shape index (κ3) is 4.82. The summed E-state index contributed by atoms with van der Waals surface area (Å²) in [5.74, 6) is -0.155. The van der Waals surface area contributed by atoms with Gasteiger partial charge in [-0.25, -0.2) is 0 Å². The number of ketones is 1. The first kappa shape index (κ1) is 15.9. The van der Waals surface area contributed by atoms with Crippen molar-refractivity contribution in [3.8, 4) is 6.07 Å². The van der Waals surface area contributed by atoms with Crippen molar-refractivity contribution >= 4 is 11.7 Å². The zero-order valence-corrected chi connectivity index (χ0v) is 11.8. The number of benzene rings is 1. The topological polar surface area (TPSA) is 73.2 Å². The second-order valence-electron chi connectivity index (χ2n) is 4.50. The first-order valence-corrected chi connectivity index (χ1v) is 6.57. The van der Waals surface area contributed by atoms with E-state index < -0.39 is 0 Å². The molecule has 0 radical (unpaired) electrons. The molecular formula is C15H19N3O2. The molecule has 106 valence electrons. The molecular weight excluding hydrogens is 254 g/mol. The molecule has 5 heteroatoms. The van der Waals surface area contributed by atoms with Crippen LogP contribution in [0.2, 0.25) is 0 Å². The van der Waals surface area contributed by atoms with Crippen molar-refractivity contribution in [2.45, 2.75) is 13.3 Å². The molecule has 1 aromatic rings. The highest BCUT2D eigenvalue weighted by Crippen LogP contribution is 2.06. The van der Waals surface area contributed by atoms with E-state index in [1.807, 2.05) is 17.9 Å². The van der Waals surface area contributed by atoms with Crippen molar-refractivity contribution in [1.29, 1.82) is 5.26 Å². The first-order chi connectivity index (χ1) is 9.60. The lowest BCUT2D eigenvalue weighted by atomic mass is 10.1. The van der Waals surface area contributed by atoms with Crippen LogP contribution in [0, 0.1) is 11.3 Å². The number of carbonyl (C=O) groups is 2. The Morgan fingerprint density at radius 1 is 1.25 bits per heavy atom. The summed E-state index contributed by atoms with van der Waals surface area (Å²) >= 11 is 0. The van der Waals surface area contributed by atoms with Gasteiger partial charge in [-0.15, -0.1) is 0 Å².